The summed E-state index contributed by atoms with van der Waals surface area (Å²) >= 11 is 0. The molecule has 0 fully saturated rings. The van der Waals surface area contributed by atoms with E-state index in [1.54, 1.807) is 18.3 Å². The second-order valence-electron chi connectivity index (χ2n) is 4.77. The van der Waals surface area contributed by atoms with Gasteiger partial charge in [-0.05, 0) is 0 Å². The second-order valence-corrected chi connectivity index (χ2v) is 4.77. The summed E-state index contributed by atoms with van der Waals surface area (Å²) in [5.74, 6) is 5.70. The van der Waals surface area contributed by atoms with Crippen molar-refractivity contribution in [1.82, 2.24) is 5.01 Å². The van der Waals surface area contributed by atoms with Crippen LogP contribution in [0.1, 0.15) is 15.9 Å². The predicted octanol–water partition coefficient (Wildman–Crippen LogP) is 2.39. The number of benzene rings is 2. The van der Waals surface area contributed by atoms with E-state index < -0.39 is 0 Å². The molecule has 1 aliphatic heterocycles. The number of ketones is 1. The molecule has 4 heteroatoms. The molecular formula is C17H15N3O. The van der Waals surface area contributed by atoms with E-state index in [0.717, 1.165) is 5.56 Å². The Morgan fingerprint density at radius 3 is 2.29 bits per heavy atom. The Balaban J connectivity index is 2.01. The van der Waals surface area contributed by atoms with Crippen molar-refractivity contribution in [2.24, 2.45) is 10.8 Å². The number of carbonyl (C=O) groups excluding carboxylic acids is 1. The third-order valence-corrected chi connectivity index (χ3v) is 3.27. The first-order valence-corrected chi connectivity index (χ1v) is 6.69. The highest BCUT2D eigenvalue weighted by Gasteiger charge is 2.22. The molecule has 0 radical (unpaired) electrons. The molecule has 4 nitrogen and oxygen atoms in total. The first-order chi connectivity index (χ1) is 10.3. The third kappa shape index (κ3) is 2.75. The van der Waals surface area contributed by atoms with E-state index >= 15 is 0 Å². The van der Waals surface area contributed by atoms with E-state index in [1.807, 2.05) is 48.5 Å². The van der Waals surface area contributed by atoms with E-state index in [1.165, 1.54) is 5.01 Å². The molecule has 104 valence electrons. The number of nitrogens with two attached hydrogens (primary N) is 1. The van der Waals surface area contributed by atoms with Crippen molar-refractivity contribution >= 4 is 11.5 Å². The van der Waals surface area contributed by atoms with E-state index in [2.05, 4.69) is 4.99 Å². The van der Waals surface area contributed by atoms with Gasteiger partial charge in [-0.3, -0.25) is 14.8 Å². The second kappa shape index (κ2) is 5.73. The Morgan fingerprint density at radius 2 is 1.62 bits per heavy atom. The van der Waals surface area contributed by atoms with Crippen LogP contribution in [0.3, 0.4) is 0 Å². The van der Waals surface area contributed by atoms with Crippen LogP contribution in [0.15, 0.2) is 77.4 Å². The van der Waals surface area contributed by atoms with E-state index in [-0.39, 0.29) is 5.78 Å². The van der Waals surface area contributed by atoms with Crippen molar-refractivity contribution in [3.05, 3.63) is 83.6 Å². The Bertz CT molecular complexity index is 705. The normalized spacial score (nSPS) is 14.4. The molecule has 21 heavy (non-hydrogen) atoms. The summed E-state index contributed by atoms with van der Waals surface area (Å²) in [4.78, 5) is 17.1. The molecule has 0 aliphatic carbocycles. The van der Waals surface area contributed by atoms with Crippen molar-refractivity contribution in [3.8, 4) is 0 Å². The molecule has 0 unspecified atom stereocenters. The molecule has 0 bridgehead atoms. The van der Waals surface area contributed by atoms with Gasteiger partial charge in [0.2, 0.25) is 0 Å². The molecule has 2 N–H and O–H groups in total. The van der Waals surface area contributed by atoms with E-state index in [4.69, 9.17) is 5.84 Å². The lowest BCUT2D eigenvalue weighted by Gasteiger charge is -2.21. The number of carbonyl (C=O) groups is 1. The summed E-state index contributed by atoms with van der Waals surface area (Å²) in [7, 11) is 0. The van der Waals surface area contributed by atoms with Crippen LogP contribution in [0, 0.1) is 0 Å². The summed E-state index contributed by atoms with van der Waals surface area (Å²) in [5, 5.41) is 1.42. The highest BCUT2D eigenvalue weighted by molar-refractivity contribution is 6.32. The molecular weight excluding hydrogens is 262 g/mol. The van der Waals surface area contributed by atoms with Crippen LogP contribution in [-0.4, -0.2) is 23.2 Å². The maximum Gasteiger partial charge on any atom is 0.196 e. The zero-order chi connectivity index (χ0) is 14.7. The number of hydrogen-bond acceptors (Lipinski definition) is 4. The standard InChI is InChI=1S/C17H15N3O/c18-20-11-15(17(21)14-9-5-2-6-10-14)16(19-12-20)13-7-3-1-4-8-13/h1-11H,12,18H2. The van der Waals surface area contributed by atoms with Gasteiger partial charge >= 0.3 is 0 Å². The van der Waals surface area contributed by atoms with Crippen LogP contribution in [0.25, 0.3) is 0 Å². The zero-order valence-corrected chi connectivity index (χ0v) is 11.4. The Hall–Kier alpha value is -2.72. The summed E-state index contributed by atoms with van der Waals surface area (Å²) in [5.41, 5.74) is 2.75. The molecule has 0 atom stereocenters. The monoisotopic (exact) mass is 277 g/mol. The molecule has 2 aromatic carbocycles. The third-order valence-electron chi connectivity index (χ3n) is 3.27. The fourth-order valence-corrected chi connectivity index (χ4v) is 2.26. The fourth-order valence-electron chi connectivity index (χ4n) is 2.26. The predicted molar refractivity (Wildman–Crippen MR) is 82.7 cm³/mol. The van der Waals surface area contributed by atoms with E-state index in [9.17, 15) is 4.79 Å². The molecule has 3 rings (SSSR count). The lowest BCUT2D eigenvalue weighted by Crippen LogP contribution is -2.33. The highest BCUT2D eigenvalue weighted by Crippen LogP contribution is 2.18. The summed E-state index contributed by atoms with van der Waals surface area (Å²) in [6.45, 7) is 0.343. The summed E-state index contributed by atoms with van der Waals surface area (Å²) < 4.78 is 0. The van der Waals surface area contributed by atoms with Crippen molar-refractivity contribution in [1.29, 1.82) is 0 Å². The molecule has 1 heterocycles. The van der Waals surface area contributed by atoms with Crippen LogP contribution < -0.4 is 5.84 Å². The van der Waals surface area contributed by atoms with Gasteiger partial charge in [0.15, 0.2) is 5.78 Å². The summed E-state index contributed by atoms with van der Waals surface area (Å²) in [6.07, 6.45) is 1.66. The van der Waals surface area contributed by atoms with Crippen LogP contribution in [0.2, 0.25) is 0 Å². The topological polar surface area (TPSA) is 58.7 Å². The Labute approximate surface area is 123 Å². The number of hydrazine groups is 1. The van der Waals surface area contributed by atoms with Gasteiger partial charge in [0.1, 0.15) is 6.67 Å². The van der Waals surface area contributed by atoms with Gasteiger partial charge in [0.25, 0.3) is 0 Å². The number of Topliss-reactive ketones (excluding diaryl/α,β-unsaturated/α-hetero) is 1. The van der Waals surface area contributed by atoms with Gasteiger partial charge in [-0.2, -0.15) is 0 Å². The van der Waals surface area contributed by atoms with Crippen molar-refractivity contribution in [2.75, 3.05) is 6.67 Å². The zero-order valence-electron chi connectivity index (χ0n) is 11.4. The van der Waals surface area contributed by atoms with Gasteiger partial charge < -0.3 is 0 Å². The lowest BCUT2D eigenvalue weighted by atomic mass is 9.95. The summed E-state index contributed by atoms with van der Waals surface area (Å²) in [6, 6.07) is 18.8. The minimum atomic E-state index is -0.0756. The van der Waals surface area contributed by atoms with Gasteiger partial charge in [0, 0.05) is 17.3 Å². The SMILES string of the molecule is NN1C=C(C(=O)c2ccccc2)C(c2ccccc2)=NC1. The molecule has 1 aliphatic rings. The van der Waals surface area contributed by atoms with Gasteiger partial charge in [-0.1, -0.05) is 60.7 Å². The molecule has 2 aromatic rings. The molecule has 0 aromatic heterocycles. The van der Waals surface area contributed by atoms with Crippen molar-refractivity contribution in [2.45, 2.75) is 0 Å². The Kier molecular flexibility index (Phi) is 3.62. The van der Waals surface area contributed by atoms with Crippen LogP contribution in [0.4, 0.5) is 0 Å². The van der Waals surface area contributed by atoms with Gasteiger partial charge in [0.05, 0.1) is 11.3 Å². The first-order valence-electron chi connectivity index (χ1n) is 6.69. The number of aliphatic imine (C=N–C) groups is 1. The maximum atomic E-state index is 12.7. The van der Waals surface area contributed by atoms with E-state index in [0.29, 0.717) is 23.5 Å². The quantitative estimate of drug-likeness (QED) is 0.692. The maximum absolute atomic E-state index is 12.7. The molecule has 0 saturated heterocycles. The fraction of sp³-hybridized carbons (Fsp3) is 0.0588. The molecule has 0 amide bonds. The Morgan fingerprint density at radius 1 is 1.00 bits per heavy atom. The largest absolute Gasteiger partial charge is 0.296 e. The lowest BCUT2D eigenvalue weighted by molar-refractivity contribution is 0.103. The minimum Gasteiger partial charge on any atom is -0.296 e. The van der Waals surface area contributed by atoms with Crippen molar-refractivity contribution < 1.29 is 4.79 Å². The number of hydrogen-bond donors (Lipinski definition) is 1. The average Bonchev–Trinajstić information content (AvgIpc) is 2.56. The van der Waals surface area contributed by atoms with Crippen LogP contribution in [-0.2, 0) is 0 Å². The van der Waals surface area contributed by atoms with Crippen molar-refractivity contribution in [3.63, 3.8) is 0 Å². The smallest absolute Gasteiger partial charge is 0.196 e. The molecule has 0 spiro atoms. The number of nitrogens with zero attached hydrogens (tertiary/aromatic N) is 2. The highest BCUT2D eigenvalue weighted by atomic mass is 16.1. The first kappa shape index (κ1) is 13.3. The molecule has 0 saturated carbocycles. The number of rotatable bonds is 3. The van der Waals surface area contributed by atoms with Gasteiger partial charge in [-0.15, -0.1) is 0 Å². The number of allylic oxidation sites excluding steroid dienone is 1. The minimum absolute atomic E-state index is 0.0756. The van der Waals surface area contributed by atoms with Gasteiger partial charge in [-0.25, -0.2) is 5.84 Å². The average molecular weight is 277 g/mol. The van der Waals surface area contributed by atoms with Crippen LogP contribution >= 0.6 is 0 Å². The van der Waals surface area contributed by atoms with Crippen LogP contribution in [0.5, 0.6) is 0 Å².